The average molecular weight is 316 g/mol. The number of carboxylic acid groups (broad SMARTS) is 1. The van der Waals surface area contributed by atoms with Crippen LogP contribution in [0.2, 0.25) is 0 Å². The highest BCUT2D eigenvalue weighted by atomic mass is 16.4. The van der Waals surface area contributed by atoms with E-state index in [0.29, 0.717) is 12.3 Å². The maximum atomic E-state index is 11.9. The predicted octanol–water partition coefficient (Wildman–Crippen LogP) is 5.85. The third-order valence-electron chi connectivity index (χ3n) is 5.33. The molecule has 0 spiro atoms. The molecule has 0 aromatic heterocycles. The van der Waals surface area contributed by atoms with Crippen LogP contribution >= 0.6 is 0 Å². The normalized spacial score (nSPS) is 20.2. The zero-order valence-corrected chi connectivity index (χ0v) is 14.4. The monoisotopic (exact) mass is 316 g/mol. The summed E-state index contributed by atoms with van der Waals surface area (Å²) in [5.41, 5.74) is 1.16. The summed E-state index contributed by atoms with van der Waals surface area (Å²) in [5, 5.41) is 9.78. The van der Waals surface area contributed by atoms with Crippen LogP contribution < -0.4 is 0 Å². The van der Waals surface area contributed by atoms with Gasteiger partial charge in [-0.2, -0.15) is 0 Å². The van der Waals surface area contributed by atoms with Crippen LogP contribution in [-0.2, 0) is 11.2 Å². The smallest absolute Gasteiger partial charge is 0.307 e. The maximum absolute atomic E-state index is 11.9. The van der Waals surface area contributed by atoms with Crippen molar-refractivity contribution in [3.05, 3.63) is 35.9 Å². The summed E-state index contributed by atoms with van der Waals surface area (Å²) in [6.45, 7) is 0. The molecule has 1 N–H and O–H groups in total. The standard InChI is InChI=1S/C21H32O2/c22-21(23)20(17-18-13-9-8-10-14-18)19-15-11-6-4-2-1-3-5-7-12-16-19/h8-10,13-14,19-20H,1-7,11-12,15-17H2,(H,22,23). The Morgan fingerprint density at radius 2 is 1.35 bits per heavy atom. The predicted molar refractivity (Wildman–Crippen MR) is 95.5 cm³/mol. The van der Waals surface area contributed by atoms with Gasteiger partial charge in [-0.15, -0.1) is 0 Å². The number of aliphatic carboxylic acids is 1. The highest BCUT2D eigenvalue weighted by molar-refractivity contribution is 5.70. The van der Waals surface area contributed by atoms with Crippen LogP contribution in [0.5, 0.6) is 0 Å². The van der Waals surface area contributed by atoms with Gasteiger partial charge in [0.05, 0.1) is 5.92 Å². The molecule has 23 heavy (non-hydrogen) atoms. The molecule has 128 valence electrons. The molecule has 1 unspecified atom stereocenters. The zero-order valence-electron chi connectivity index (χ0n) is 14.4. The van der Waals surface area contributed by atoms with Crippen molar-refractivity contribution in [2.24, 2.45) is 11.8 Å². The molecule has 1 aliphatic rings. The fraction of sp³-hybridized carbons (Fsp3) is 0.667. The SMILES string of the molecule is O=C(O)C(Cc1ccccc1)C1CCCCCCCCCCC1. The fourth-order valence-corrected chi connectivity index (χ4v) is 3.92. The number of hydrogen-bond acceptors (Lipinski definition) is 1. The highest BCUT2D eigenvalue weighted by Crippen LogP contribution is 2.29. The Bertz CT molecular complexity index is 428. The lowest BCUT2D eigenvalue weighted by atomic mass is 9.80. The van der Waals surface area contributed by atoms with Gasteiger partial charge >= 0.3 is 5.97 Å². The molecular weight excluding hydrogens is 284 g/mol. The van der Waals surface area contributed by atoms with E-state index in [4.69, 9.17) is 0 Å². The Morgan fingerprint density at radius 1 is 0.870 bits per heavy atom. The van der Waals surface area contributed by atoms with Gasteiger partial charge in [0, 0.05) is 0 Å². The summed E-state index contributed by atoms with van der Waals surface area (Å²) in [6.07, 6.45) is 14.5. The Labute approximate surface area is 141 Å². The van der Waals surface area contributed by atoms with Crippen LogP contribution in [0.15, 0.2) is 30.3 Å². The minimum absolute atomic E-state index is 0.222. The number of benzene rings is 1. The quantitative estimate of drug-likeness (QED) is 0.756. The first-order valence-corrected chi connectivity index (χ1v) is 9.54. The van der Waals surface area contributed by atoms with Crippen molar-refractivity contribution in [3.8, 4) is 0 Å². The number of carbonyl (C=O) groups is 1. The second-order valence-electron chi connectivity index (χ2n) is 7.15. The second kappa shape index (κ2) is 10.5. The molecule has 0 amide bonds. The molecule has 0 saturated heterocycles. The molecule has 0 radical (unpaired) electrons. The first-order chi connectivity index (χ1) is 11.3. The van der Waals surface area contributed by atoms with Crippen molar-refractivity contribution >= 4 is 5.97 Å². The van der Waals surface area contributed by atoms with E-state index in [2.05, 4.69) is 12.1 Å². The lowest BCUT2D eigenvalue weighted by molar-refractivity contribution is -0.144. The van der Waals surface area contributed by atoms with Crippen molar-refractivity contribution in [1.82, 2.24) is 0 Å². The maximum Gasteiger partial charge on any atom is 0.307 e. The topological polar surface area (TPSA) is 37.3 Å². The molecule has 2 rings (SSSR count). The van der Waals surface area contributed by atoms with E-state index in [1.165, 1.54) is 57.8 Å². The first-order valence-electron chi connectivity index (χ1n) is 9.54. The summed E-state index contributed by atoms with van der Waals surface area (Å²) in [7, 11) is 0. The van der Waals surface area contributed by atoms with Crippen LogP contribution in [0.4, 0.5) is 0 Å². The third-order valence-corrected chi connectivity index (χ3v) is 5.33. The van der Waals surface area contributed by atoms with Gasteiger partial charge in [-0.25, -0.2) is 0 Å². The molecule has 1 fully saturated rings. The zero-order chi connectivity index (χ0) is 16.3. The molecule has 0 aliphatic heterocycles. The van der Waals surface area contributed by atoms with E-state index in [-0.39, 0.29) is 5.92 Å². The van der Waals surface area contributed by atoms with E-state index >= 15 is 0 Å². The van der Waals surface area contributed by atoms with Gasteiger partial charge in [-0.1, -0.05) is 88.1 Å². The molecular formula is C21H32O2. The number of carboxylic acids is 1. The van der Waals surface area contributed by atoms with Gasteiger partial charge in [0.15, 0.2) is 0 Å². The largest absolute Gasteiger partial charge is 0.481 e. The Morgan fingerprint density at radius 3 is 1.83 bits per heavy atom. The van der Waals surface area contributed by atoms with Crippen molar-refractivity contribution in [2.45, 2.75) is 77.0 Å². The van der Waals surface area contributed by atoms with Gasteiger partial charge in [-0.05, 0) is 30.7 Å². The van der Waals surface area contributed by atoms with Gasteiger partial charge in [0.1, 0.15) is 0 Å². The van der Waals surface area contributed by atoms with Gasteiger partial charge < -0.3 is 5.11 Å². The summed E-state index contributed by atoms with van der Waals surface area (Å²) in [6, 6.07) is 10.1. The number of rotatable bonds is 4. The number of hydrogen-bond donors (Lipinski definition) is 1. The van der Waals surface area contributed by atoms with Gasteiger partial charge in [-0.3, -0.25) is 4.79 Å². The van der Waals surface area contributed by atoms with Crippen LogP contribution in [0.3, 0.4) is 0 Å². The van der Waals surface area contributed by atoms with Crippen molar-refractivity contribution < 1.29 is 9.90 Å². The molecule has 2 nitrogen and oxygen atoms in total. The highest BCUT2D eigenvalue weighted by Gasteiger charge is 2.27. The van der Waals surface area contributed by atoms with E-state index in [9.17, 15) is 9.90 Å². The van der Waals surface area contributed by atoms with E-state index in [0.717, 1.165) is 18.4 Å². The lowest BCUT2D eigenvalue weighted by Gasteiger charge is -2.25. The average Bonchev–Trinajstić information content (AvgIpc) is 2.54. The molecule has 1 saturated carbocycles. The molecule has 0 bridgehead atoms. The van der Waals surface area contributed by atoms with E-state index in [1.807, 2.05) is 18.2 Å². The summed E-state index contributed by atoms with van der Waals surface area (Å²) in [4.78, 5) is 11.9. The van der Waals surface area contributed by atoms with Crippen molar-refractivity contribution in [3.63, 3.8) is 0 Å². The lowest BCUT2D eigenvalue weighted by Crippen LogP contribution is -2.26. The molecule has 1 aromatic rings. The van der Waals surface area contributed by atoms with Crippen molar-refractivity contribution in [1.29, 1.82) is 0 Å². The third kappa shape index (κ3) is 6.76. The summed E-state index contributed by atoms with van der Waals surface area (Å²) >= 11 is 0. The van der Waals surface area contributed by atoms with Crippen LogP contribution in [0.1, 0.15) is 76.2 Å². The molecule has 1 atom stereocenters. The van der Waals surface area contributed by atoms with Gasteiger partial charge in [0.25, 0.3) is 0 Å². The molecule has 1 aliphatic carbocycles. The Balaban J connectivity index is 1.99. The molecule has 0 heterocycles. The van der Waals surface area contributed by atoms with Crippen molar-refractivity contribution in [2.75, 3.05) is 0 Å². The fourth-order valence-electron chi connectivity index (χ4n) is 3.92. The molecule has 1 aromatic carbocycles. The van der Waals surface area contributed by atoms with Crippen LogP contribution in [0.25, 0.3) is 0 Å². The van der Waals surface area contributed by atoms with E-state index in [1.54, 1.807) is 0 Å². The Hall–Kier alpha value is -1.31. The summed E-state index contributed by atoms with van der Waals surface area (Å²) < 4.78 is 0. The molecule has 2 heteroatoms. The van der Waals surface area contributed by atoms with Crippen LogP contribution in [0, 0.1) is 11.8 Å². The van der Waals surface area contributed by atoms with E-state index < -0.39 is 5.97 Å². The minimum Gasteiger partial charge on any atom is -0.481 e. The first kappa shape index (κ1) is 18.0. The summed E-state index contributed by atoms with van der Waals surface area (Å²) in [5.74, 6) is -0.488. The Kier molecular flexibility index (Phi) is 8.20. The van der Waals surface area contributed by atoms with Gasteiger partial charge in [0.2, 0.25) is 0 Å². The minimum atomic E-state index is -0.606. The second-order valence-corrected chi connectivity index (χ2v) is 7.15. The van der Waals surface area contributed by atoms with Crippen LogP contribution in [-0.4, -0.2) is 11.1 Å².